The quantitative estimate of drug-likeness (QED) is 0.339. The van der Waals surface area contributed by atoms with Gasteiger partial charge in [-0.05, 0) is 61.0 Å². The normalized spacial score (nSPS) is 12.6. The van der Waals surface area contributed by atoms with E-state index in [1.165, 1.54) is 12.1 Å². The third-order valence-electron chi connectivity index (χ3n) is 5.17. The summed E-state index contributed by atoms with van der Waals surface area (Å²) in [5, 5.41) is 13.6. The summed E-state index contributed by atoms with van der Waals surface area (Å²) in [4.78, 5) is 27.4. The first kappa shape index (κ1) is 21.7. The van der Waals surface area contributed by atoms with Gasteiger partial charge in [-0.1, -0.05) is 28.1 Å². The number of hydrogen-bond donors (Lipinski definition) is 3. The van der Waals surface area contributed by atoms with Crippen molar-refractivity contribution in [1.29, 1.82) is 5.41 Å². The summed E-state index contributed by atoms with van der Waals surface area (Å²) in [5.74, 6) is -1.12. The molecule has 1 aliphatic rings. The highest BCUT2D eigenvalue weighted by Gasteiger charge is 2.19. The van der Waals surface area contributed by atoms with Crippen LogP contribution in [0.4, 0.5) is 15.8 Å². The second kappa shape index (κ2) is 9.32. The van der Waals surface area contributed by atoms with Crippen LogP contribution in [0.3, 0.4) is 0 Å². The average molecular weight is 495 g/mol. The molecule has 4 rings (SSSR count). The van der Waals surface area contributed by atoms with Gasteiger partial charge in [-0.3, -0.25) is 15.0 Å². The van der Waals surface area contributed by atoms with Crippen molar-refractivity contribution in [3.8, 4) is 0 Å². The van der Waals surface area contributed by atoms with Crippen molar-refractivity contribution >= 4 is 45.0 Å². The van der Waals surface area contributed by atoms with Gasteiger partial charge in [-0.15, -0.1) is 0 Å². The zero-order valence-electron chi connectivity index (χ0n) is 17.0. The van der Waals surface area contributed by atoms with Crippen molar-refractivity contribution in [2.75, 3.05) is 23.7 Å². The Morgan fingerprint density at radius 3 is 2.16 bits per heavy atom. The van der Waals surface area contributed by atoms with Gasteiger partial charge in [0.25, 0.3) is 11.8 Å². The van der Waals surface area contributed by atoms with Crippen molar-refractivity contribution in [3.63, 3.8) is 0 Å². The van der Waals surface area contributed by atoms with E-state index in [9.17, 15) is 14.0 Å². The Morgan fingerprint density at radius 2 is 1.53 bits per heavy atom. The molecule has 1 saturated heterocycles. The molecular weight excluding hydrogens is 475 g/mol. The summed E-state index contributed by atoms with van der Waals surface area (Å²) in [5.41, 5.74) is 1.85. The van der Waals surface area contributed by atoms with E-state index < -0.39 is 17.6 Å². The van der Waals surface area contributed by atoms with E-state index in [0.29, 0.717) is 17.1 Å². The zero-order chi connectivity index (χ0) is 22.7. The Morgan fingerprint density at radius 1 is 0.875 bits per heavy atom. The van der Waals surface area contributed by atoms with Gasteiger partial charge in [-0.2, -0.15) is 0 Å². The summed E-state index contributed by atoms with van der Waals surface area (Å²) in [6.07, 6.45) is 1.08. The minimum atomic E-state index is -0.585. The lowest BCUT2D eigenvalue weighted by molar-refractivity contribution is 0.102. The fourth-order valence-corrected chi connectivity index (χ4v) is 3.51. The first-order valence-electron chi connectivity index (χ1n) is 10.0. The van der Waals surface area contributed by atoms with Crippen molar-refractivity contribution < 1.29 is 14.0 Å². The lowest BCUT2D eigenvalue weighted by Gasteiger charge is -2.33. The number of anilines is 2. The topological polar surface area (TPSA) is 85.3 Å². The van der Waals surface area contributed by atoms with Crippen LogP contribution in [0, 0.1) is 11.2 Å². The maximum atomic E-state index is 13.9. The molecule has 8 heteroatoms. The molecule has 1 heterocycles. The molecule has 0 unspecified atom stereocenters. The fraction of sp³-hybridized carbons (Fsp3) is 0.125. The number of rotatable bonds is 5. The average Bonchev–Trinajstić information content (AvgIpc) is 2.75. The third kappa shape index (κ3) is 4.86. The highest BCUT2D eigenvalue weighted by Crippen LogP contribution is 2.21. The standard InChI is InChI=1S/C24H20BrFN4O2/c25-17-6-9-19(10-7-17)28-24(32)20-14-18(26)8-11-21(20)29-23(31)16-4-2-15(3-5-16)22(27)30-12-1-13-30/h2-11,14,27H,1,12-13H2,(H,28,32)(H,29,31). The minimum absolute atomic E-state index is 0.0115. The molecule has 6 nitrogen and oxygen atoms in total. The first-order valence-corrected chi connectivity index (χ1v) is 10.8. The Balaban J connectivity index is 1.49. The number of likely N-dealkylation sites (tertiary alicyclic amines) is 1. The number of nitrogens with zero attached hydrogens (tertiary/aromatic N) is 1. The summed E-state index contributed by atoms with van der Waals surface area (Å²) in [6.45, 7) is 1.74. The number of halogens is 2. The van der Waals surface area contributed by atoms with Crippen molar-refractivity contribution in [1.82, 2.24) is 4.90 Å². The SMILES string of the molecule is N=C(c1ccc(C(=O)Nc2ccc(F)cc2C(=O)Nc2ccc(Br)cc2)cc1)N1CCC1. The lowest BCUT2D eigenvalue weighted by Crippen LogP contribution is -2.42. The largest absolute Gasteiger partial charge is 0.356 e. The van der Waals surface area contributed by atoms with E-state index in [-0.39, 0.29) is 11.3 Å². The van der Waals surface area contributed by atoms with Gasteiger partial charge < -0.3 is 15.5 Å². The molecular formula is C24H20BrFN4O2. The molecule has 162 valence electrons. The maximum Gasteiger partial charge on any atom is 0.257 e. The van der Waals surface area contributed by atoms with E-state index in [2.05, 4.69) is 26.6 Å². The van der Waals surface area contributed by atoms with Crippen LogP contribution >= 0.6 is 15.9 Å². The Kier molecular flexibility index (Phi) is 6.32. The predicted molar refractivity (Wildman–Crippen MR) is 126 cm³/mol. The Labute approximate surface area is 193 Å². The van der Waals surface area contributed by atoms with Crippen LogP contribution in [-0.2, 0) is 0 Å². The van der Waals surface area contributed by atoms with E-state index >= 15 is 0 Å². The molecule has 3 aromatic carbocycles. The van der Waals surface area contributed by atoms with Crippen molar-refractivity contribution in [2.45, 2.75) is 6.42 Å². The van der Waals surface area contributed by atoms with Crippen LogP contribution in [0.2, 0.25) is 0 Å². The van der Waals surface area contributed by atoms with Crippen molar-refractivity contribution in [3.05, 3.63) is 93.7 Å². The number of hydrogen-bond acceptors (Lipinski definition) is 3. The van der Waals surface area contributed by atoms with Crippen LogP contribution in [0.5, 0.6) is 0 Å². The molecule has 0 aliphatic carbocycles. The van der Waals surface area contributed by atoms with Gasteiger partial charge in [-0.25, -0.2) is 4.39 Å². The van der Waals surface area contributed by atoms with Crippen molar-refractivity contribution in [2.24, 2.45) is 0 Å². The molecule has 1 fully saturated rings. The Bertz CT molecular complexity index is 1180. The maximum absolute atomic E-state index is 13.9. The molecule has 32 heavy (non-hydrogen) atoms. The fourth-order valence-electron chi connectivity index (χ4n) is 3.24. The van der Waals surface area contributed by atoms with Gasteiger partial charge in [0.2, 0.25) is 0 Å². The summed E-state index contributed by atoms with van der Waals surface area (Å²) in [6, 6.07) is 17.3. The van der Waals surface area contributed by atoms with Gasteiger partial charge in [0.05, 0.1) is 11.3 Å². The van der Waals surface area contributed by atoms with E-state index in [0.717, 1.165) is 35.6 Å². The molecule has 3 N–H and O–H groups in total. The molecule has 2 amide bonds. The monoisotopic (exact) mass is 494 g/mol. The minimum Gasteiger partial charge on any atom is -0.356 e. The van der Waals surface area contributed by atoms with Gasteiger partial charge in [0, 0.05) is 34.4 Å². The summed E-state index contributed by atoms with van der Waals surface area (Å²) in [7, 11) is 0. The molecule has 3 aromatic rings. The second-order valence-electron chi connectivity index (χ2n) is 7.37. The third-order valence-corrected chi connectivity index (χ3v) is 5.70. The molecule has 0 atom stereocenters. The molecule has 0 bridgehead atoms. The summed E-state index contributed by atoms with van der Waals surface area (Å²) < 4.78 is 14.7. The number of amides is 2. The molecule has 0 spiro atoms. The molecule has 0 saturated carbocycles. The van der Waals surface area contributed by atoms with Gasteiger partial charge >= 0.3 is 0 Å². The number of nitrogens with one attached hydrogen (secondary N) is 3. The highest BCUT2D eigenvalue weighted by atomic mass is 79.9. The number of amidine groups is 1. The van der Waals surface area contributed by atoms with Gasteiger partial charge in [0.15, 0.2) is 0 Å². The zero-order valence-corrected chi connectivity index (χ0v) is 18.6. The van der Waals surface area contributed by atoms with Crippen LogP contribution in [0.25, 0.3) is 0 Å². The second-order valence-corrected chi connectivity index (χ2v) is 8.29. The van der Waals surface area contributed by atoms with Crippen LogP contribution in [0.15, 0.2) is 71.2 Å². The number of carbonyl (C=O) groups excluding carboxylic acids is 2. The van der Waals surface area contributed by atoms with Crippen LogP contribution < -0.4 is 10.6 Å². The lowest BCUT2D eigenvalue weighted by atomic mass is 10.1. The van der Waals surface area contributed by atoms with Crippen LogP contribution in [0.1, 0.15) is 32.7 Å². The summed E-state index contributed by atoms with van der Waals surface area (Å²) >= 11 is 3.33. The first-order chi connectivity index (χ1) is 15.4. The van der Waals surface area contributed by atoms with E-state index in [1.54, 1.807) is 48.5 Å². The van der Waals surface area contributed by atoms with Crippen LogP contribution in [-0.4, -0.2) is 35.6 Å². The van der Waals surface area contributed by atoms with Gasteiger partial charge in [0.1, 0.15) is 11.7 Å². The predicted octanol–water partition coefficient (Wildman–Crippen LogP) is 5.12. The number of benzene rings is 3. The molecule has 0 radical (unpaired) electrons. The highest BCUT2D eigenvalue weighted by molar-refractivity contribution is 9.10. The Hall–Kier alpha value is -3.52. The molecule has 1 aliphatic heterocycles. The molecule has 0 aromatic heterocycles. The smallest absolute Gasteiger partial charge is 0.257 e. The number of carbonyl (C=O) groups is 2. The van der Waals surface area contributed by atoms with E-state index in [4.69, 9.17) is 5.41 Å². The van der Waals surface area contributed by atoms with E-state index in [1.807, 2.05) is 4.90 Å².